The molecule has 3 aromatic carbocycles. The molecular weight excluding hydrogens is 260 g/mol. The zero-order valence-corrected chi connectivity index (χ0v) is 11.7. The minimum Gasteiger partial charge on any atom is -0.385 e. The first-order valence-electron chi connectivity index (χ1n) is 7.15. The first-order valence-corrected chi connectivity index (χ1v) is 7.15. The van der Waals surface area contributed by atoms with E-state index in [0.29, 0.717) is 0 Å². The molecule has 0 aromatic heterocycles. The van der Waals surface area contributed by atoms with E-state index < -0.39 is 12.2 Å². The third kappa shape index (κ3) is 1.73. The molecule has 0 spiro atoms. The summed E-state index contributed by atoms with van der Waals surface area (Å²) < 4.78 is 0. The topological polar surface area (TPSA) is 40.5 Å². The van der Waals surface area contributed by atoms with Crippen LogP contribution in [0.5, 0.6) is 0 Å². The number of hydrogen-bond donors (Lipinski definition) is 2. The van der Waals surface area contributed by atoms with E-state index in [1.165, 1.54) is 0 Å². The Balaban J connectivity index is 2.12. The van der Waals surface area contributed by atoms with Crippen molar-refractivity contribution >= 4 is 10.8 Å². The maximum Gasteiger partial charge on any atom is 0.110 e. The molecule has 4 rings (SSSR count). The molecule has 0 heterocycles. The summed E-state index contributed by atoms with van der Waals surface area (Å²) in [6, 6.07) is 18.1. The molecule has 1 aliphatic carbocycles. The molecular formula is C19H16O2. The van der Waals surface area contributed by atoms with Crippen molar-refractivity contribution < 1.29 is 10.2 Å². The van der Waals surface area contributed by atoms with Crippen molar-refractivity contribution in [1.29, 1.82) is 0 Å². The maximum atomic E-state index is 10.5. The lowest BCUT2D eigenvalue weighted by molar-refractivity contribution is 0.0158. The van der Waals surface area contributed by atoms with Crippen LogP contribution in [0.25, 0.3) is 21.9 Å². The Morgan fingerprint density at radius 3 is 2.19 bits per heavy atom. The molecule has 0 radical (unpaired) electrons. The molecule has 0 bridgehead atoms. The summed E-state index contributed by atoms with van der Waals surface area (Å²) in [5.74, 6) is 0. The van der Waals surface area contributed by atoms with Crippen molar-refractivity contribution in [3.8, 4) is 11.1 Å². The molecule has 0 saturated heterocycles. The maximum absolute atomic E-state index is 10.5. The molecule has 2 unspecified atom stereocenters. The minimum atomic E-state index is -0.876. The second-order valence-electron chi connectivity index (χ2n) is 5.72. The number of hydrogen-bond acceptors (Lipinski definition) is 2. The first kappa shape index (κ1) is 12.6. The number of aliphatic hydroxyl groups excluding tert-OH is 2. The van der Waals surface area contributed by atoms with Gasteiger partial charge in [-0.1, -0.05) is 42.5 Å². The minimum absolute atomic E-state index is 0.808. The monoisotopic (exact) mass is 276 g/mol. The number of fused-ring (bicyclic) bond motifs is 4. The average Bonchev–Trinajstić information content (AvgIpc) is 2.51. The van der Waals surface area contributed by atoms with Crippen molar-refractivity contribution in [2.45, 2.75) is 19.1 Å². The van der Waals surface area contributed by atoms with Crippen molar-refractivity contribution in [3.63, 3.8) is 0 Å². The van der Waals surface area contributed by atoms with E-state index in [9.17, 15) is 10.2 Å². The summed E-state index contributed by atoms with van der Waals surface area (Å²) in [5, 5.41) is 23.1. The fourth-order valence-corrected chi connectivity index (χ4v) is 3.36. The van der Waals surface area contributed by atoms with E-state index >= 15 is 0 Å². The third-order valence-electron chi connectivity index (χ3n) is 4.43. The van der Waals surface area contributed by atoms with Crippen LogP contribution in [-0.4, -0.2) is 10.2 Å². The molecule has 0 fully saturated rings. The van der Waals surface area contributed by atoms with Gasteiger partial charge in [-0.15, -0.1) is 0 Å². The Morgan fingerprint density at radius 2 is 1.43 bits per heavy atom. The number of benzene rings is 3. The smallest absolute Gasteiger partial charge is 0.110 e. The van der Waals surface area contributed by atoms with Gasteiger partial charge in [-0.25, -0.2) is 0 Å². The fourth-order valence-electron chi connectivity index (χ4n) is 3.36. The van der Waals surface area contributed by atoms with Crippen LogP contribution in [0.4, 0.5) is 0 Å². The van der Waals surface area contributed by atoms with E-state index in [0.717, 1.165) is 38.6 Å². The Kier molecular flexibility index (Phi) is 2.64. The number of aryl methyl sites for hydroxylation is 1. The van der Waals surface area contributed by atoms with Gasteiger partial charge in [0.2, 0.25) is 0 Å². The van der Waals surface area contributed by atoms with Gasteiger partial charge in [0, 0.05) is 0 Å². The summed E-state index contributed by atoms with van der Waals surface area (Å²) in [7, 11) is 0. The van der Waals surface area contributed by atoms with Crippen molar-refractivity contribution in [3.05, 3.63) is 71.3 Å². The molecule has 0 amide bonds. The van der Waals surface area contributed by atoms with Crippen molar-refractivity contribution in [1.82, 2.24) is 0 Å². The molecule has 0 aliphatic heterocycles. The zero-order chi connectivity index (χ0) is 14.6. The molecule has 0 saturated carbocycles. The van der Waals surface area contributed by atoms with Gasteiger partial charge in [-0.05, 0) is 57.6 Å². The summed E-state index contributed by atoms with van der Waals surface area (Å²) in [4.78, 5) is 0. The Morgan fingerprint density at radius 1 is 0.762 bits per heavy atom. The van der Waals surface area contributed by atoms with Crippen LogP contribution in [0, 0.1) is 6.92 Å². The highest BCUT2D eigenvalue weighted by atomic mass is 16.3. The number of aliphatic hydroxyl groups is 2. The Labute approximate surface area is 123 Å². The molecule has 2 N–H and O–H groups in total. The SMILES string of the molecule is Cc1cccc2c1-c1cc3ccccc3cc1C(O)C2O. The van der Waals surface area contributed by atoms with Gasteiger partial charge in [0.05, 0.1) is 0 Å². The molecule has 2 heteroatoms. The molecule has 21 heavy (non-hydrogen) atoms. The van der Waals surface area contributed by atoms with E-state index in [-0.39, 0.29) is 0 Å². The average molecular weight is 276 g/mol. The number of rotatable bonds is 0. The summed E-state index contributed by atoms with van der Waals surface area (Å²) >= 11 is 0. The fraction of sp³-hybridized carbons (Fsp3) is 0.158. The Hall–Kier alpha value is -2.16. The summed E-state index contributed by atoms with van der Waals surface area (Å²) in [5.41, 5.74) is 4.82. The highest BCUT2D eigenvalue weighted by Gasteiger charge is 2.32. The van der Waals surface area contributed by atoms with E-state index in [2.05, 4.69) is 12.1 Å². The lowest BCUT2D eigenvalue weighted by Gasteiger charge is -2.30. The summed E-state index contributed by atoms with van der Waals surface area (Å²) in [6.45, 7) is 2.04. The van der Waals surface area contributed by atoms with Crippen LogP contribution in [0.3, 0.4) is 0 Å². The quantitative estimate of drug-likeness (QED) is 0.654. The largest absolute Gasteiger partial charge is 0.385 e. The first-order chi connectivity index (χ1) is 10.2. The van der Waals surface area contributed by atoms with Crippen LogP contribution in [-0.2, 0) is 0 Å². The van der Waals surface area contributed by atoms with Gasteiger partial charge >= 0.3 is 0 Å². The van der Waals surface area contributed by atoms with Crippen LogP contribution in [0.15, 0.2) is 54.6 Å². The molecule has 3 aromatic rings. The van der Waals surface area contributed by atoms with Crippen molar-refractivity contribution in [2.75, 3.05) is 0 Å². The predicted molar refractivity (Wildman–Crippen MR) is 84.0 cm³/mol. The molecule has 104 valence electrons. The lowest BCUT2D eigenvalue weighted by Crippen LogP contribution is -2.17. The predicted octanol–water partition coefficient (Wildman–Crippen LogP) is 3.90. The van der Waals surface area contributed by atoms with Gasteiger partial charge in [0.1, 0.15) is 12.2 Å². The van der Waals surface area contributed by atoms with Gasteiger partial charge in [0.15, 0.2) is 0 Å². The van der Waals surface area contributed by atoms with Gasteiger partial charge in [0.25, 0.3) is 0 Å². The normalized spacial score (nSPS) is 20.1. The Bertz CT molecular complexity index is 851. The van der Waals surface area contributed by atoms with Crippen molar-refractivity contribution in [2.24, 2.45) is 0 Å². The van der Waals surface area contributed by atoms with Gasteiger partial charge < -0.3 is 10.2 Å². The molecule has 1 aliphatic rings. The van der Waals surface area contributed by atoms with E-state index in [1.807, 2.05) is 49.4 Å². The molecule has 2 atom stereocenters. The van der Waals surface area contributed by atoms with Gasteiger partial charge in [-0.3, -0.25) is 0 Å². The lowest BCUT2D eigenvalue weighted by atomic mass is 9.79. The second-order valence-corrected chi connectivity index (χ2v) is 5.72. The van der Waals surface area contributed by atoms with Crippen LogP contribution in [0.1, 0.15) is 28.9 Å². The standard InChI is InChI=1S/C19H16O2/c1-11-5-4-8-14-17(11)15-9-12-6-2-3-7-13(12)10-16(15)19(21)18(14)20/h2-10,18-21H,1H3. The third-order valence-corrected chi connectivity index (χ3v) is 4.43. The zero-order valence-electron chi connectivity index (χ0n) is 11.7. The van der Waals surface area contributed by atoms with E-state index in [4.69, 9.17) is 0 Å². The van der Waals surface area contributed by atoms with Crippen LogP contribution in [0.2, 0.25) is 0 Å². The highest BCUT2D eigenvalue weighted by molar-refractivity contribution is 5.91. The van der Waals surface area contributed by atoms with Crippen LogP contribution >= 0.6 is 0 Å². The highest BCUT2D eigenvalue weighted by Crippen LogP contribution is 2.46. The van der Waals surface area contributed by atoms with E-state index in [1.54, 1.807) is 0 Å². The molecule has 2 nitrogen and oxygen atoms in total. The second kappa shape index (κ2) is 4.42. The summed E-state index contributed by atoms with van der Waals surface area (Å²) in [6.07, 6.45) is -1.74. The van der Waals surface area contributed by atoms with Crippen LogP contribution < -0.4 is 0 Å². The van der Waals surface area contributed by atoms with Gasteiger partial charge in [-0.2, -0.15) is 0 Å².